The molecule has 16 heavy (non-hydrogen) atoms. The van der Waals surface area contributed by atoms with Crippen molar-refractivity contribution in [1.29, 1.82) is 0 Å². The van der Waals surface area contributed by atoms with Gasteiger partial charge in [-0.2, -0.15) is 0 Å². The number of rotatable bonds is 3. The summed E-state index contributed by atoms with van der Waals surface area (Å²) in [6, 6.07) is 1.76. The number of hydrogen-bond donors (Lipinski definition) is 1. The second-order valence-corrected chi connectivity index (χ2v) is 3.10. The van der Waals surface area contributed by atoms with Crippen LogP contribution in [0.15, 0.2) is 17.8 Å². The predicted molar refractivity (Wildman–Crippen MR) is 58.6 cm³/mol. The highest BCUT2D eigenvalue weighted by Gasteiger charge is 2.23. The minimum absolute atomic E-state index is 0.155. The predicted octanol–water partition coefficient (Wildman–Crippen LogP) is 1.87. The van der Waals surface area contributed by atoms with Gasteiger partial charge >= 0.3 is 0 Å². The Labute approximate surface area is 92.5 Å². The molecule has 1 aromatic carbocycles. The van der Waals surface area contributed by atoms with Crippen LogP contribution in [0.25, 0.3) is 6.08 Å². The highest BCUT2D eigenvalue weighted by molar-refractivity contribution is 5.91. The summed E-state index contributed by atoms with van der Waals surface area (Å²) in [4.78, 5) is 0. The third-order valence-corrected chi connectivity index (χ3v) is 2.30. The first-order chi connectivity index (χ1) is 7.81. The Bertz CT molecular complexity index is 454. The van der Waals surface area contributed by atoms with Crippen molar-refractivity contribution in [3.05, 3.63) is 23.8 Å². The maximum absolute atomic E-state index is 8.62. The summed E-state index contributed by atoms with van der Waals surface area (Å²) in [5.74, 6) is 1.59. The molecular weight excluding hydrogens is 210 g/mol. The SMILES string of the molecule is C=Cc1cc2c(c(OC)c1C=NO)OCO2. The Morgan fingerprint density at radius 1 is 1.56 bits per heavy atom. The Morgan fingerprint density at radius 2 is 2.38 bits per heavy atom. The van der Waals surface area contributed by atoms with E-state index in [9.17, 15) is 0 Å². The number of hydrogen-bond acceptors (Lipinski definition) is 5. The van der Waals surface area contributed by atoms with Crippen molar-refractivity contribution in [1.82, 2.24) is 0 Å². The van der Waals surface area contributed by atoms with Crippen molar-refractivity contribution in [2.45, 2.75) is 0 Å². The summed E-state index contributed by atoms with van der Waals surface area (Å²) in [5, 5.41) is 11.6. The zero-order chi connectivity index (χ0) is 11.5. The van der Waals surface area contributed by atoms with Crippen LogP contribution in [0.3, 0.4) is 0 Å². The molecule has 1 aromatic rings. The lowest BCUT2D eigenvalue weighted by Gasteiger charge is -2.10. The minimum atomic E-state index is 0.155. The summed E-state index contributed by atoms with van der Waals surface area (Å²) < 4.78 is 15.8. The standard InChI is InChI=1S/C11H11NO4/c1-3-7-4-9-11(16-6-15-9)10(14-2)8(7)5-12-13/h3-5,13H,1,6H2,2H3. The molecule has 0 spiro atoms. The van der Waals surface area contributed by atoms with Gasteiger partial charge in [-0.15, -0.1) is 0 Å². The van der Waals surface area contributed by atoms with Crippen LogP contribution in [-0.2, 0) is 0 Å². The fraction of sp³-hybridized carbons (Fsp3) is 0.182. The quantitative estimate of drug-likeness (QED) is 0.481. The molecule has 84 valence electrons. The van der Waals surface area contributed by atoms with Gasteiger partial charge < -0.3 is 19.4 Å². The normalized spacial score (nSPS) is 13.1. The molecule has 0 aromatic heterocycles. The van der Waals surface area contributed by atoms with E-state index in [2.05, 4.69) is 11.7 Å². The molecule has 2 rings (SSSR count). The Kier molecular flexibility index (Phi) is 2.68. The maximum Gasteiger partial charge on any atom is 0.231 e. The molecular formula is C11H11NO4. The van der Waals surface area contributed by atoms with Gasteiger partial charge in [0.25, 0.3) is 0 Å². The van der Waals surface area contributed by atoms with Gasteiger partial charge in [0.15, 0.2) is 11.5 Å². The summed E-state index contributed by atoms with van der Waals surface area (Å²) in [6.45, 7) is 3.83. The molecule has 0 radical (unpaired) electrons. The van der Waals surface area contributed by atoms with Crippen LogP contribution < -0.4 is 14.2 Å². The third-order valence-electron chi connectivity index (χ3n) is 2.30. The third kappa shape index (κ3) is 1.46. The fourth-order valence-corrected chi connectivity index (χ4v) is 1.61. The average Bonchev–Trinajstić information content (AvgIpc) is 2.76. The number of methoxy groups -OCH3 is 1. The lowest BCUT2D eigenvalue weighted by Crippen LogP contribution is -1.97. The number of nitrogens with zero attached hydrogens (tertiary/aromatic N) is 1. The van der Waals surface area contributed by atoms with Crippen molar-refractivity contribution in [2.75, 3.05) is 13.9 Å². The minimum Gasteiger partial charge on any atom is -0.492 e. The van der Waals surface area contributed by atoms with Crippen LogP contribution in [0.2, 0.25) is 0 Å². The molecule has 5 heteroatoms. The molecule has 5 nitrogen and oxygen atoms in total. The molecule has 0 amide bonds. The number of fused-ring (bicyclic) bond motifs is 1. The molecule has 0 saturated heterocycles. The van der Waals surface area contributed by atoms with Crippen LogP contribution in [0.1, 0.15) is 11.1 Å². The molecule has 0 aliphatic carbocycles. The zero-order valence-electron chi connectivity index (χ0n) is 8.77. The van der Waals surface area contributed by atoms with Crippen molar-refractivity contribution in [2.24, 2.45) is 5.16 Å². The van der Waals surface area contributed by atoms with Gasteiger partial charge in [0.1, 0.15) is 0 Å². The van der Waals surface area contributed by atoms with Crippen molar-refractivity contribution in [3.63, 3.8) is 0 Å². The van der Waals surface area contributed by atoms with Crippen molar-refractivity contribution >= 4 is 12.3 Å². The monoisotopic (exact) mass is 221 g/mol. The Balaban J connectivity index is 2.69. The van der Waals surface area contributed by atoms with Gasteiger partial charge in [-0.1, -0.05) is 17.8 Å². The summed E-state index contributed by atoms with van der Waals surface area (Å²) >= 11 is 0. The molecule has 0 atom stereocenters. The van der Waals surface area contributed by atoms with E-state index in [1.54, 1.807) is 12.1 Å². The lowest BCUT2D eigenvalue weighted by molar-refractivity contribution is 0.171. The van der Waals surface area contributed by atoms with E-state index < -0.39 is 0 Å². The Hall–Kier alpha value is -2.17. The van der Waals surface area contributed by atoms with Gasteiger partial charge in [-0.05, 0) is 11.6 Å². The van der Waals surface area contributed by atoms with E-state index in [1.165, 1.54) is 13.3 Å². The highest BCUT2D eigenvalue weighted by Crippen LogP contribution is 2.44. The molecule has 1 aliphatic heterocycles. The number of ether oxygens (including phenoxy) is 3. The topological polar surface area (TPSA) is 60.3 Å². The van der Waals surface area contributed by atoms with E-state index in [4.69, 9.17) is 19.4 Å². The second-order valence-electron chi connectivity index (χ2n) is 3.10. The van der Waals surface area contributed by atoms with Crippen molar-refractivity contribution in [3.8, 4) is 17.2 Å². The van der Waals surface area contributed by atoms with E-state index >= 15 is 0 Å². The molecule has 0 unspecified atom stereocenters. The zero-order valence-corrected chi connectivity index (χ0v) is 8.77. The molecule has 1 heterocycles. The molecule has 0 fully saturated rings. The first kappa shape index (κ1) is 10.4. The summed E-state index contributed by atoms with van der Waals surface area (Å²) in [5.41, 5.74) is 1.35. The molecule has 0 saturated carbocycles. The van der Waals surface area contributed by atoms with Crippen molar-refractivity contribution < 1.29 is 19.4 Å². The lowest BCUT2D eigenvalue weighted by atomic mass is 10.1. The van der Waals surface area contributed by atoms with Gasteiger partial charge in [0.2, 0.25) is 12.5 Å². The summed E-state index contributed by atoms with van der Waals surface area (Å²) in [7, 11) is 1.51. The first-order valence-corrected chi connectivity index (χ1v) is 4.62. The van der Waals surface area contributed by atoms with Crippen LogP contribution in [0.5, 0.6) is 17.2 Å². The first-order valence-electron chi connectivity index (χ1n) is 4.62. The van der Waals surface area contributed by atoms with E-state index in [0.717, 1.165) is 5.56 Å². The van der Waals surface area contributed by atoms with E-state index in [-0.39, 0.29) is 6.79 Å². The number of oxime groups is 1. The van der Waals surface area contributed by atoms with Gasteiger partial charge in [-0.3, -0.25) is 0 Å². The summed E-state index contributed by atoms with van der Waals surface area (Å²) in [6.07, 6.45) is 2.90. The molecule has 1 aliphatic rings. The van der Waals surface area contributed by atoms with Crippen LogP contribution in [0.4, 0.5) is 0 Å². The van der Waals surface area contributed by atoms with Gasteiger partial charge in [0.05, 0.1) is 13.3 Å². The Morgan fingerprint density at radius 3 is 3.00 bits per heavy atom. The maximum atomic E-state index is 8.62. The fourth-order valence-electron chi connectivity index (χ4n) is 1.61. The average molecular weight is 221 g/mol. The van der Waals surface area contributed by atoms with Crippen LogP contribution >= 0.6 is 0 Å². The van der Waals surface area contributed by atoms with Gasteiger partial charge in [-0.25, -0.2) is 0 Å². The van der Waals surface area contributed by atoms with E-state index in [0.29, 0.717) is 22.8 Å². The van der Waals surface area contributed by atoms with E-state index in [1.807, 2.05) is 0 Å². The molecule has 0 bridgehead atoms. The largest absolute Gasteiger partial charge is 0.492 e. The van der Waals surface area contributed by atoms with Gasteiger partial charge in [0, 0.05) is 5.56 Å². The number of benzene rings is 1. The second kappa shape index (κ2) is 4.14. The molecule has 1 N–H and O–H groups in total. The van der Waals surface area contributed by atoms with Crippen LogP contribution in [0, 0.1) is 0 Å². The smallest absolute Gasteiger partial charge is 0.231 e. The van der Waals surface area contributed by atoms with Crippen LogP contribution in [-0.4, -0.2) is 25.3 Å². The highest BCUT2D eigenvalue weighted by atomic mass is 16.7.